The van der Waals surface area contributed by atoms with Crippen LogP contribution in [0.4, 0.5) is 0 Å². The van der Waals surface area contributed by atoms with Crippen LogP contribution in [0, 0.1) is 0 Å². The molecule has 1 aliphatic heterocycles. The summed E-state index contributed by atoms with van der Waals surface area (Å²) in [5.41, 5.74) is 0.862. The SMILES string of the molecule is CCC(CO)N1C(=O)[C@@H](CC(=O)OC(C)(C)C)O[C@@H](c2cccc(Cl)c2)[C@H]1c1ccc(Cl)cc1. The van der Waals surface area contributed by atoms with Gasteiger partial charge in [-0.3, -0.25) is 9.59 Å². The number of hydrogen-bond donors (Lipinski definition) is 1. The number of amides is 1. The number of nitrogens with zero attached hydrogens (tertiary/aromatic N) is 1. The minimum absolute atomic E-state index is 0.228. The molecule has 1 heterocycles. The third-order valence-corrected chi connectivity index (χ3v) is 6.15. The fourth-order valence-electron chi connectivity index (χ4n) is 4.19. The maximum absolute atomic E-state index is 13.7. The lowest BCUT2D eigenvalue weighted by Gasteiger charge is -2.47. The second kappa shape index (κ2) is 11.1. The second-order valence-corrected chi connectivity index (χ2v) is 10.3. The summed E-state index contributed by atoms with van der Waals surface area (Å²) >= 11 is 12.4. The molecule has 1 unspecified atom stereocenters. The summed E-state index contributed by atoms with van der Waals surface area (Å²) in [6.45, 7) is 6.98. The van der Waals surface area contributed by atoms with Gasteiger partial charge in [-0.1, -0.05) is 54.4 Å². The van der Waals surface area contributed by atoms with E-state index < -0.39 is 35.9 Å². The Bertz CT molecular complexity index is 1000. The minimum Gasteiger partial charge on any atom is -0.460 e. The molecule has 2 aromatic rings. The molecular weight excluding hydrogens is 477 g/mol. The average Bonchev–Trinajstić information content (AvgIpc) is 2.76. The van der Waals surface area contributed by atoms with Crippen LogP contribution in [-0.2, 0) is 19.1 Å². The van der Waals surface area contributed by atoms with E-state index in [0.717, 1.165) is 11.1 Å². The van der Waals surface area contributed by atoms with Crippen LogP contribution in [0.1, 0.15) is 63.8 Å². The molecule has 0 spiro atoms. The molecule has 0 bridgehead atoms. The van der Waals surface area contributed by atoms with Crippen LogP contribution in [0.5, 0.6) is 0 Å². The van der Waals surface area contributed by atoms with Crippen molar-refractivity contribution in [2.45, 2.75) is 70.4 Å². The number of carbonyl (C=O) groups is 2. The van der Waals surface area contributed by atoms with Gasteiger partial charge in [-0.25, -0.2) is 0 Å². The zero-order valence-electron chi connectivity index (χ0n) is 19.8. The number of aliphatic hydroxyl groups is 1. The molecule has 0 saturated carbocycles. The van der Waals surface area contributed by atoms with Crippen molar-refractivity contribution in [3.8, 4) is 0 Å². The van der Waals surface area contributed by atoms with Crippen molar-refractivity contribution in [1.29, 1.82) is 0 Å². The third kappa shape index (κ3) is 6.30. The molecule has 1 N–H and O–H groups in total. The van der Waals surface area contributed by atoms with Crippen LogP contribution in [0.3, 0.4) is 0 Å². The smallest absolute Gasteiger partial charge is 0.309 e. The molecule has 1 saturated heterocycles. The zero-order chi connectivity index (χ0) is 25.0. The Labute approximate surface area is 210 Å². The number of rotatable bonds is 7. The number of morpholine rings is 1. The van der Waals surface area contributed by atoms with E-state index in [9.17, 15) is 14.7 Å². The summed E-state index contributed by atoms with van der Waals surface area (Å²) in [6.07, 6.45) is -1.42. The molecule has 4 atom stereocenters. The molecular formula is C26H31Cl2NO5. The van der Waals surface area contributed by atoms with Crippen molar-refractivity contribution < 1.29 is 24.2 Å². The summed E-state index contributed by atoms with van der Waals surface area (Å²) in [7, 11) is 0. The van der Waals surface area contributed by atoms with Gasteiger partial charge in [0.2, 0.25) is 0 Å². The van der Waals surface area contributed by atoms with Crippen LogP contribution in [0.15, 0.2) is 48.5 Å². The van der Waals surface area contributed by atoms with E-state index in [2.05, 4.69) is 0 Å². The first-order chi connectivity index (χ1) is 16.0. The van der Waals surface area contributed by atoms with E-state index in [1.807, 2.05) is 31.2 Å². The summed E-state index contributed by atoms with van der Waals surface area (Å²) < 4.78 is 11.8. The lowest BCUT2D eigenvalue weighted by Crippen LogP contribution is -2.56. The van der Waals surface area contributed by atoms with Crippen molar-refractivity contribution in [2.24, 2.45) is 0 Å². The topological polar surface area (TPSA) is 76.1 Å². The lowest BCUT2D eigenvalue weighted by molar-refractivity contribution is -0.188. The van der Waals surface area contributed by atoms with Crippen molar-refractivity contribution in [1.82, 2.24) is 4.90 Å². The molecule has 6 nitrogen and oxygen atoms in total. The predicted molar refractivity (Wildman–Crippen MR) is 132 cm³/mol. The normalized spacial score (nSPS) is 21.9. The molecule has 0 radical (unpaired) electrons. The largest absolute Gasteiger partial charge is 0.460 e. The van der Waals surface area contributed by atoms with Gasteiger partial charge in [0.05, 0.1) is 25.1 Å². The molecule has 184 valence electrons. The highest BCUT2D eigenvalue weighted by atomic mass is 35.5. The Balaban J connectivity index is 2.09. The summed E-state index contributed by atoms with van der Waals surface area (Å²) in [6, 6.07) is 13.4. The monoisotopic (exact) mass is 507 g/mol. The molecule has 2 aromatic carbocycles. The molecule has 0 aliphatic carbocycles. The van der Waals surface area contributed by atoms with Crippen molar-refractivity contribution >= 4 is 35.1 Å². The Morgan fingerprint density at radius 1 is 1.12 bits per heavy atom. The molecule has 0 aromatic heterocycles. The highest BCUT2D eigenvalue weighted by Gasteiger charge is 2.47. The van der Waals surface area contributed by atoms with Gasteiger partial charge in [0.1, 0.15) is 17.8 Å². The Kier molecular flexibility index (Phi) is 8.63. The Hall–Kier alpha value is -2.12. The van der Waals surface area contributed by atoms with Crippen molar-refractivity contribution in [2.75, 3.05) is 6.61 Å². The van der Waals surface area contributed by atoms with Crippen molar-refractivity contribution in [3.63, 3.8) is 0 Å². The highest BCUT2D eigenvalue weighted by Crippen LogP contribution is 2.44. The predicted octanol–water partition coefficient (Wildman–Crippen LogP) is 5.51. The van der Waals surface area contributed by atoms with E-state index >= 15 is 0 Å². The molecule has 8 heteroatoms. The highest BCUT2D eigenvalue weighted by molar-refractivity contribution is 6.30. The molecule has 1 fully saturated rings. The zero-order valence-corrected chi connectivity index (χ0v) is 21.3. The quantitative estimate of drug-likeness (QED) is 0.500. The Morgan fingerprint density at radius 3 is 2.35 bits per heavy atom. The first-order valence-electron chi connectivity index (χ1n) is 11.3. The average molecular weight is 508 g/mol. The van der Waals surface area contributed by atoms with E-state index in [1.165, 1.54) is 0 Å². The van der Waals surface area contributed by atoms with Gasteiger partial charge in [0, 0.05) is 10.0 Å². The summed E-state index contributed by atoms with van der Waals surface area (Å²) in [5, 5.41) is 11.2. The number of carbonyl (C=O) groups excluding carboxylic acids is 2. The van der Waals surface area contributed by atoms with E-state index in [4.69, 9.17) is 32.7 Å². The van der Waals surface area contributed by atoms with Gasteiger partial charge in [-0.05, 0) is 62.6 Å². The third-order valence-electron chi connectivity index (χ3n) is 5.66. The number of esters is 1. The van der Waals surface area contributed by atoms with Gasteiger partial charge < -0.3 is 19.5 Å². The fraction of sp³-hybridized carbons (Fsp3) is 0.462. The molecule has 1 amide bonds. The van der Waals surface area contributed by atoms with Crippen LogP contribution >= 0.6 is 23.2 Å². The number of aliphatic hydroxyl groups excluding tert-OH is 1. The van der Waals surface area contributed by atoms with Gasteiger partial charge >= 0.3 is 5.97 Å². The van der Waals surface area contributed by atoms with Crippen LogP contribution < -0.4 is 0 Å². The lowest BCUT2D eigenvalue weighted by atomic mass is 9.89. The van der Waals surface area contributed by atoms with Gasteiger partial charge in [-0.2, -0.15) is 0 Å². The fourth-order valence-corrected chi connectivity index (χ4v) is 4.51. The number of benzene rings is 2. The number of ether oxygens (including phenoxy) is 2. The maximum Gasteiger partial charge on any atom is 0.309 e. The first-order valence-corrected chi connectivity index (χ1v) is 12.1. The Morgan fingerprint density at radius 2 is 1.79 bits per heavy atom. The standard InChI is InChI=1S/C26H31Cl2NO5/c1-5-20(15-30)29-23(16-9-11-18(27)12-10-16)24(17-7-6-8-19(28)13-17)33-21(25(29)32)14-22(31)34-26(2,3)4/h6-13,20-21,23-24,30H,5,14-15H2,1-4H3/t20?,21-,23-,24+/m1/s1. The van der Waals surface area contributed by atoms with Crippen LogP contribution in [0.2, 0.25) is 10.0 Å². The van der Waals surface area contributed by atoms with Crippen LogP contribution in [0.25, 0.3) is 0 Å². The first kappa shape index (κ1) is 26.5. The number of halogens is 2. The minimum atomic E-state index is -1.07. The maximum atomic E-state index is 13.7. The van der Waals surface area contributed by atoms with Gasteiger partial charge in [-0.15, -0.1) is 0 Å². The van der Waals surface area contributed by atoms with Gasteiger partial charge in [0.15, 0.2) is 0 Å². The summed E-state index contributed by atoms with van der Waals surface area (Å²) in [5.74, 6) is -0.900. The van der Waals surface area contributed by atoms with Gasteiger partial charge in [0.25, 0.3) is 5.91 Å². The molecule has 34 heavy (non-hydrogen) atoms. The van der Waals surface area contributed by atoms with E-state index in [0.29, 0.717) is 16.5 Å². The van der Waals surface area contributed by atoms with E-state index in [-0.39, 0.29) is 18.9 Å². The van der Waals surface area contributed by atoms with E-state index in [1.54, 1.807) is 49.9 Å². The second-order valence-electron chi connectivity index (χ2n) is 9.38. The number of hydrogen-bond acceptors (Lipinski definition) is 5. The van der Waals surface area contributed by atoms with Crippen molar-refractivity contribution in [3.05, 3.63) is 69.7 Å². The summed E-state index contributed by atoms with van der Waals surface area (Å²) in [4.78, 5) is 28.0. The van der Waals surface area contributed by atoms with Crippen LogP contribution in [-0.4, -0.2) is 46.2 Å². The molecule has 3 rings (SSSR count). The molecule has 1 aliphatic rings.